The Bertz CT molecular complexity index is 1050. The zero-order valence-electron chi connectivity index (χ0n) is 15.2. The number of fused-ring (bicyclic) bond motifs is 2. The minimum Gasteiger partial charge on any atom is -0.368 e. The number of rotatable bonds is 3. The number of nitrogens with zero attached hydrogens (tertiary/aromatic N) is 2. The Morgan fingerprint density at radius 1 is 1.32 bits per heavy atom. The molecule has 144 valence electrons. The molecule has 2 aliphatic rings. The fourth-order valence-electron chi connectivity index (χ4n) is 3.76. The van der Waals surface area contributed by atoms with E-state index in [4.69, 9.17) is 4.74 Å². The van der Waals surface area contributed by atoms with Crippen molar-refractivity contribution in [2.75, 3.05) is 18.5 Å². The molecule has 1 atom stereocenters. The van der Waals surface area contributed by atoms with Gasteiger partial charge in [-0.1, -0.05) is 17.4 Å². The Balaban J connectivity index is 1.30. The van der Waals surface area contributed by atoms with Crippen LogP contribution < -0.4 is 5.32 Å². The van der Waals surface area contributed by atoms with Crippen molar-refractivity contribution >= 4 is 39.2 Å². The van der Waals surface area contributed by atoms with Crippen LogP contribution in [-0.2, 0) is 22.5 Å². The molecule has 7 nitrogen and oxygen atoms in total. The van der Waals surface area contributed by atoms with Gasteiger partial charge in [0.25, 0.3) is 11.8 Å². The van der Waals surface area contributed by atoms with Crippen molar-refractivity contribution < 1.29 is 14.3 Å². The third-order valence-corrected chi connectivity index (χ3v) is 6.27. The van der Waals surface area contributed by atoms with Crippen molar-refractivity contribution in [2.45, 2.75) is 31.9 Å². The van der Waals surface area contributed by atoms with Gasteiger partial charge in [-0.15, -0.1) is 0 Å². The number of carbonyl (C=O) groups excluding carboxylic acids is 2. The van der Waals surface area contributed by atoms with Crippen LogP contribution in [0.1, 0.15) is 33.8 Å². The maximum absolute atomic E-state index is 12.9. The summed E-state index contributed by atoms with van der Waals surface area (Å²) in [4.78, 5) is 35.8. The van der Waals surface area contributed by atoms with Gasteiger partial charge in [-0.25, -0.2) is 4.98 Å². The van der Waals surface area contributed by atoms with Crippen molar-refractivity contribution in [2.24, 2.45) is 0 Å². The molecular weight excluding hydrogens is 376 g/mol. The average Bonchev–Trinajstić information content (AvgIpc) is 3.45. The summed E-state index contributed by atoms with van der Waals surface area (Å²) >= 11 is 1.44. The van der Waals surface area contributed by atoms with Gasteiger partial charge in [0.05, 0.1) is 12.2 Å². The number of thiazole rings is 1. The molecule has 2 amide bonds. The Morgan fingerprint density at radius 2 is 2.25 bits per heavy atom. The summed E-state index contributed by atoms with van der Waals surface area (Å²) in [6.45, 7) is 1.78. The van der Waals surface area contributed by atoms with Crippen LogP contribution >= 0.6 is 11.3 Å². The predicted octanol–water partition coefficient (Wildman–Crippen LogP) is 2.94. The van der Waals surface area contributed by atoms with Gasteiger partial charge in [0.15, 0.2) is 5.13 Å². The molecule has 2 aliphatic heterocycles. The molecule has 4 heterocycles. The lowest BCUT2D eigenvalue weighted by molar-refractivity contribution is -0.124. The third kappa shape index (κ3) is 3.18. The number of benzene rings is 1. The van der Waals surface area contributed by atoms with Gasteiger partial charge in [0.2, 0.25) is 0 Å². The second kappa shape index (κ2) is 7.03. The van der Waals surface area contributed by atoms with Crippen LogP contribution in [0, 0.1) is 0 Å². The fraction of sp³-hybridized carbons (Fsp3) is 0.350. The first kappa shape index (κ1) is 17.4. The number of hydrogen-bond acceptors (Lipinski definition) is 5. The lowest BCUT2D eigenvalue weighted by Crippen LogP contribution is -2.35. The van der Waals surface area contributed by atoms with E-state index in [9.17, 15) is 9.59 Å². The van der Waals surface area contributed by atoms with E-state index < -0.39 is 0 Å². The van der Waals surface area contributed by atoms with Crippen LogP contribution in [0.15, 0.2) is 30.5 Å². The van der Waals surface area contributed by atoms with E-state index in [1.165, 1.54) is 11.3 Å². The van der Waals surface area contributed by atoms with E-state index in [0.717, 1.165) is 34.3 Å². The molecule has 1 fully saturated rings. The van der Waals surface area contributed by atoms with Gasteiger partial charge in [0, 0.05) is 41.7 Å². The lowest BCUT2D eigenvalue weighted by atomic mass is 10.1. The fourth-order valence-corrected chi connectivity index (χ4v) is 4.78. The van der Waals surface area contributed by atoms with Crippen LogP contribution in [0.2, 0.25) is 0 Å². The molecule has 3 aromatic rings. The number of hydrogen-bond donors (Lipinski definition) is 2. The van der Waals surface area contributed by atoms with Crippen molar-refractivity contribution in [3.05, 3.63) is 46.6 Å². The largest absolute Gasteiger partial charge is 0.368 e. The zero-order valence-corrected chi connectivity index (χ0v) is 16.1. The third-order valence-electron chi connectivity index (χ3n) is 5.27. The summed E-state index contributed by atoms with van der Waals surface area (Å²) in [5.41, 5.74) is 2.60. The number of ether oxygens (including phenoxy) is 1. The highest BCUT2D eigenvalue weighted by molar-refractivity contribution is 7.15. The SMILES string of the molecule is O=C(Nc1nc2c(s1)CN(C(=O)c1ccc3cc[nH]c3c1)CC2)C1CCCO1. The molecule has 1 aromatic carbocycles. The molecule has 0 spiro atoms. The van der Waals surface area contributed by atoms with Crippen LogP contribution in [0.5, 0.6) is 0 Å². The van der Waals surface area contributed by atoms with Crippen LogP contribution in [0.3, 0.4) is 0 Å². The van der Waals surface area contributed by atoms with Gasteiger partial charge in [-0.05, 0) is 36.4 Å². The first-order chi connectivity index (χ1) is 13.7. The predicted molar refractivity (Wildman–Crippen MR) is 106 cm³/mol. The van der Waals surface area contributed by atoms with Crippen LogP contribution in [-0.4, -0.2) is 45.9 Å². The second-order valence-electron chi connectivity index (χ2n) is 7.14. The molecule has 5 rings (SSSR count). The van der Waals surface area contributed by atoms with Crippen molar-refractivity contribution in [1.82, 2.24) is 14.9 Å². The number of amides is 2. The minimum absolute atomic E-state index is 0.0143. The second-order valence-corrected chi connectivity index (χ2v) is 8.22. The Labute approximate surface area is 165 Å². The van der Waals surface area contributed by atoms with Gasteiger partial charge in [-0.3, -0.25) is 14.9 Å². The van der Waals surface area contributed by atoms with E-state index in [1.807, 2.05) is 35.4 Å². The van der Waals surface area contributed by atoms with Crippen molar-refractivity contribution in [3.8, 4) is 0 Å². The van der Waals surface area contributed by atoms with Gasteiger partial charge >= 0.3 is 0 Å². The van der Waals surface area contributed by atoms with Crippen LogP contribution in [0.25, 0.3) is 10.9 Å². The van der Waals surface area contributed by atoms with Crippen LogP contribution in [0.4, 0.5) is 5.13 Å². The molecule has 0 bridgehead atoms. The van der Waals surface area contributed by atoms with E-state index in [2.05, 4.69) is 15.3 Å². The smallest absolute Gasteiger partial charge is 0.255 e. The van der Waals surface area contributed by atoms with Gasteiger partial charge < -0.3 is 14.6 Å². The summed E-state index contributed by atoms with van der Waals surface area (Å²) in [5, 5.41) is 4.55. The molecule has 0 saturated carbocycles. The monoisotopic (exact) mass is 396 g/mol. The molecule has 8 heteroatoms. The first-order valence-corrected chi connectivity index (χ1v) is 10.3. The molecule has 0 radical (unpaired) electrons. The maximum Gasteiger partial charge on any atom is 0.255 e. The average molecular weight is 396 g/mol. The number of aromatic amines is 1. The van der Waals surface area contributed by atoms with Crippen molar-refractivity contribution in [1.29, 1.82) is 0 Å². The highest BCUT2D eigenvalue weighted by atomic mass is 32.1. The Kier molecular flexibility index (Phi) is 4.37. The molecule has 2 aromatic heterocycles. The highest BCUT2D eigenvalue weighted by Crippen LogP contribution is 2.30. The van der Waals surface area contributed by atoms with E-state index in [1.54, 1.807) is 0 Å². The molecule has 2 N–H and O–H groups in total. The standard InChI is InChI=1S/C20H20N4O3S/c25-18(16-2-1-9-27-16)23-20-22-14-6-8-24(11-17(14)28-20)19(26)13-4-3-12-5-7-21-15(12)10-13/h3-5,7,10,16,21H,1-2,6,8-9,11H2,(H,22,23,25). The van der Waals surface area contributed by atoms with E-state index in [0.29, 0.717) is 36.8 Å². The molecule has 1 saturated heterocycles. The van der Waals surface area contributed by atoms with Crippen molar-refractivity contribution in [3.63, 3.8) is 0 Å². The quantitative estimate of drug-likeness (QED) is 0.713. The number of anilines is 1. The minimum atomic E-state index is -0.373. The lowest BCUT2D eigenvalue weighted by Gasteiger charge is -2.26. The topological polar surface area (TPSA) is 87.3 Å². The number of carbonyl (C=O) groups is 2. The summed E-state index contributed by atoms with van der Waals surface area (Å²) in [6.07, 6.45) is 3.86. The highest BCUT2D eigenvalue weighted by Gasteiger charge is 2.28. The first-order valence-electron chi connectivity index (χ1n) is 9.45. The normalized spacial score (nSPS) is 19.0. The summed E-state index contributed by atoms with van der Waals surface area (Å²) < 4.78 is 5.42. The Hall–Kier alpha value is -2.71. The summed E-state index contributed by atoms with van der Waals surface area (Å²) in [7, 11) is 0. The summed E-state index contributed by atoms with van der Waals surface area (Å²) in [5.74, 6) is -0.115. The molecule has 0 aliphatic carbocycles. The Morgan fingerprint density at radius 3 is 3.11 bits per heavy atom. The number of aromatic nitrogens is 2. The maximum atomic E-state index is 12.9. The summed E-state index contributed by atoms with van der Waals surface area (Å²) in [6, 6.07) is 7.71. The number of H-pyrrole nitrogens is 1. The van der Waals surface area contributed by atoms with E-state index in [-0.39, 0.29) is 17.9 Å². The molecular formula is C20H20N4O3S. The zero-order chi connectivity index (χ0) is 19.1. The molecule has 1 unspecified atom stereocenters. The van der Waals surface area contributed by atoms with Gasteiger partial charge in [-0.2, -0.15) is 0 Å². The molecule has 28 heavy (non-hydrogen) atoms. The van der Waals surface area contributed by atoms with Gasteiger partial charge in [0.1, 0.15) is 6.10 Å². The van der Waals surface area contributed by atoms with E-state index >= 15 is 0 Å². The number of nitrogens with one attached hydrogen (secondary N) is 2.